The Kier molecular flexibility index (Phi) is 6.10. The molecule has 7 heteroatoms. The number of aromatic nitrogens is 1. The lowest BCUT2D eigenvalue weighted by molar-refractivity contribution is -0.178. The van der Waals surface area contributed by atoms with Gasteiger partial charge in [-0.15, -0.1) is 0 Å². The molecule has 3 rings (SSSR count). The number of carbonyl (C=O) groups excluding carboxylic acids is 2. The summed E-state index contributed by atoms with van der Waals surface area (Å²) in [6.07, 6.45) is 0.0242. The zero-order valence-electron chi connectivity index (χ0n) is 16.1. The molecule has 2 fully saturated rings. The molecule has 0 N–H and O–H groups in total. The van der Waals surface area contributed by atoms with E-state index in [9.17, 15) is 22.8 Å². The molecule has 0 amide bonds. The monoisotopic (exact) mass is 397 g/mol. The lowest BCUT2D eigenvalue weighted by Crippen LogP contribution is -2.48. The summed E-state index contributed by atoms with van der Waals surface area (Å²) >= 11 is 0. The van der Waals surface area contributed by atoms with Crippen molar-refractivity contribution in [3.05, 3.63) is 29.1 Å². The average molecular weight is 397 g/mol. The molecule has 1 saturated heterocycles. The van der Waals surface area contributed by atoms with Crippen LogP contribution in [0.1, 0.15) is 68.8 Å². The van der Waals surface area contributed by atoms with Gasteiger partial charge < -0.3 is 4.74 Å². The van der Waals surface area contributed by atoms with E-state index in [1.54, 1.807) is 0 Å². The predicted octanol–water partition coefficient (Wildman–Crippen LogP) is 4.52. The van der Waals surface area contributed by atoms with Gasteiger partial charge in [0.1, 0.15) is 17.8 Å². The highest BCUT2D eigenvalue weighted by Gasteiger charge is 2.47. The quantitative estimate of drug-likeness (QED) is 0.523. The minimum absolute atomic E-state index is 0.00785. The second kappa shape index (κ2) is 8.21. The first kappa shape index (κ1) is 20.8. The number of alkyl halides is 3. The van der Waals surface area contributed by atoms with E-state index in [1.807, 2.05) is 13.0 Å². The zero-order chi connectivity index (χ0) is 20.4. The number of pyridine rings is 1. The number of carbonyl (C=O) groups is 2. The van der Waals surface area contributed by atoms with Crippen molar-refractivity contribution in [3.63, 3.8) is 0 Å². The van der Waals surface area contributed by atoms with Gasteiger partial charge in [-0.2, -0.15) is 13.2 Å². The van der Waals surface area contributed by atoms with Crippen LogP contribution >= 0.6 is 0 Å². The van der Waals surface area contributed by atoms with E-state index >= 15 is 0 Å². The van der Waals surface area contributed by atoms with E-state index in [1.165, 1.54) is 6.07 Å². The maximum absolute atomic E-state index is 12.8. The van der Waals surface area contributed by atoms with Gasteiger partial charge >= 0.3 is 12.1 Å². The molecular weight excluding hydrogens is 371 g/mol. The maximum Gasteiger partial charge on any atom is 0.394 e. The summed E-state index contributed by atoms with van der Waals surface area (Å²) in [6.45, 7) is 1.85. The molecule has 0 spiro atoms. The molecule has 2 aliphatic rings. The molecule has 1 saturated carbocycles. The molecule has 1 aliphatic heterocycles. The third-order valence-electron chi connectivity index (χ3n) is 5.83. The van der Waals surface area contributed by atoms with Crippen LogP contribution in [0.15, 0.2) is 12.1 Å². The molecule has 1 unspecified atom stereocenters. The number of hydrogen-bond donors (Lipinski definition) is 0. The molecule has 154 valence electrons. The number of nitrogens with zero attached hydrogens (tertiary/aromatic N) is 1. The summed E-state index contributed by atoms with van der Waals surface area (Å²) < 4.78 is 44.2. The second-order valence-corrected chi connectivity index (χ2v) is 8.02. The van der Waals surface area contributed by atoms with Crippen molar-refractivity contribution in [2.45, 2.75) is 82.9 Å². The fourth-order valence-corrected chi connectivity index (χ4v) is 4.58. The lowest BCUT2D eigenvalue weighted by atomic mass is 9.76. The maximum atomic E-state index is 12.8. The van der Waals surface area contributed by atoms with Crippen molar-refractivity contribution in [1.82, 2.24) is 4.98 Å². The molecule has 0 bridgehead atoms. The van der Waals surface area contributed by atoms with E-state index in [2.05, 4.69) is 4.98 Å². The molecule has 0 aromatic carbocycles. The molecule has 1 aliphatic carbocycles. The summed E-state index contributed by atoms with van der Waals surface area (Å²) in [5.74, 6) is -0.447. The van der Waals surface area contributed by atoms with Crippen LogP contribution in [0, 0.1) is 5.92 Å². The van der Waals surface area contributed by atoms with Gasteiger partial charge in [-0.3, -0.25) is 14.6 Å². The SMILES string of the molecule is CCc1cc(CCC2(C3CCCC3)CC(=O)CC(=O)O2)cc(CC(F)(F)F)n1. The average Bonchev–Trinajstić information content (AvgIpc) is 3.13. The van der Waals surface area contributed by atoms with Crippen molar-refractivity contribution in [2.75, 3.05) is 0 Å². The Morgan fingerprint density at radius 1 is 1.18 bits per heavy atom. The fraction of sp³-hybridized carbons (Fsp3) is 0.667. The van der Waals surface area contributed by atoms with Crippen molar-refractivity contribution in [2.24, 2.45) is 5.92 Å². The van der Waals surface area contributed by atoms with Crippen LogP contribution in [0.2, 0.25) is 0 Å². The second-order valence-electron chi connectivity index (χ2n) is 8.02. The van der Waals surface area contributed by atoms with Crippen molar-refractivity contribution < 1.29 is 27.5 Å². The molecule has 1 aromatic rings. The van der Waals surface area contributed by atoms with Gasteiger partial charge in [-0.25, -0.2) is 0 Å². The lowest BCUT2D eigenvalue weighted by Gasteiger charge is -2.41. The minimum Gasteiger partial charge on any atom is -0.458 e. The van der Waals surface area contributed by atoms with E-state index < -0.39 is 24.2 Å². The van der Waals surface area contributed by atoms with Crippen molar-refractivity contribution >= 4 is 11.8 Å². The van der Waals surface area contributed by atoms with E-state index in [-0.39, 0.29) is 30.2 Å². The molecule has 1 aromatic heterocycles. The van der Waals surface area contributed by atoms with Crippen molar-refractivity contribution in [3.8, 4) is 0 Å². The first-order valence-corrected chi connectivity index (χ1v) is 9.98. The molecule has 28 heavy (non-hydrogen) atoms. The number of aryl methyl sites for hydroxylation is 2. The Morgan fingerprint density at radius 3 is 2.46 bits per heavy atom. The van der Waals surface area contributed by atoms with Gasteiger partial charge in [0.2, 0.25) is 0 Å². The highest BCUT2D eigenvalue weighted by Crippen LogP contribution is 2.44. The van der Waals surface area contributed by atoms with Crippen LogP contribution in [0.25, 0.3) is 0 Å². The van der Waals surface area contributed by atoms with Crippen LogP contribution in [0.5, 0.6) is 0 Å². The van der Waals surface area contributed by atoms with Gasteiger partial charge in [0.25, 0.3) is 0 Å². The smallest absolute Gasteiger partial charge is 0.394 e. The Balaban J connectivity index is 1.82. The third kappa shape index (κ3) is 5.11. The number of ketones is 1. The van der Waals surface area contributed by atoms with Gasteiger partial charge in [0, 0.05) is 17.8 Å². The number of Topliss-reactive ketones (excluding diaryl/α,β-unsaturated/α-hetero) is 1. The summed E-state index contributed by atoms with van der Waals surface area (Å²) in [5.41, 5.74) is 0.553. The highest BCUT2D eigenvalue weighted by molar-refractivity contribution is 5.98. The topological polar surface area (TPSA) is 56.3 Å². The largest absolute Gasteiger partial charge is 0.458 e. The first-order valence-electron chi connectivity index (χ1n) is 9.98. The van der Waals surface area contributed by atoms with Crippen LogP contribution < -0.4 is 0 Å². The third-order valence-corrected chi connectivity index (χ3v) is 5.83. The number of rotatable bonds is 6. The van der Waals surface area contributed by atoms with Gasteiger partial charge in [0.15, 0.2) is 0 Å². The summed E-state index contributed by atoms with van der Waals surface area (Å²) in [4.78, 5) is 28.2. The molecule has 0 radical (unpaired) electrons. The van der Waals surface area contributed by atoms with E-state index in [4.69, 9.17) is 4.74 Å². The summed E-state index contributed by atoms with van der Waals surface area (Å²) in [7, 11) is 0. The Morgan fingerprint density at radius 2 is 1.86 bits per heavy atom. The van der Waals surface area contributed by atoms with Gasteiger partial charge in [0.05, 0.1) is 6.42 Å². The van der Waals surface area contributed by atoms with E-state index in [0.717, 1.165) is 31.2 Å². The standard InChI is InChI=1S/C21H26F3NO3/c1-2-16-9-14(10-17(25-16)12-21(22,23)24)7-8-20(15-5-3-4-6-15)13-18(26)11-19(27)28-20/h9-10,15H,2-8,11-13H2,1H3. The number of ether oxygens (including phenoxy) is 1. The predicted molar refractivity (Wildman–Crippen MR) is 96.7 cm³/mol. The number of esters is 1. The highest BCUT2D eigenvalue weighted by atomic mass is 19.4. The van der Waals surface area contributed by atoms with Gasteiger partial charge in [-0.1, -0.05) is 19.8 Å². The Hall–Kier alpha value is -1.92. The van der Waals surface area contributed by atoms with Crippen LogP contribution in [0.3, 0.4) is 0 Å². The number of hydrogen-bond acceptors (Lipinski definition) is 4. The molecule has 1 atom stereocenters. The summed E-state index contributed by atoms with van der Waals surface area (Å²) in [6, 6.07) is 3.30. The molecular formula is C21H26F3NO3. The first-order chi connectivity index (χ1) is 13.2. The van der Waals surface area contributed by atoms with Crippen molar-refractivity contribution in [1.29, 1.82) is 0 Å². The van der Waals surface area contributed by atoms with Crippen LogP contribution in [-0.2, 0) is 33.6 Å². The normalized spacial score (nSPS) is 23.9. The molecule has 4 nitrogen and oxygen atoms in total. The van der Waals surface area contributed by atoms with Crippen LogP contribution in [-0.4, -0.2) is 28.5 Å². The zero-order valence-corrected chi connectivity index (χ0v) is 16.1. The summed E-state index contributed by atoms with van der Waals surface area (Å²) in [5, 5.41) is 0. The molecule has 2 heterocycles. The number of halogens is 3. The Labute approximate surface area is 162 Å². The minimum atomic E-state index is -4.31. The number of cyclic esters (lactones) is 1. The van der Waals surface area contributed by atoms with Gasteiger partial charge in [-0.05, 0) is 55.7 Å². The van der Waals surface area contributed by atoms with Crippen LogP contribution in [0.4, 0.5) is 13.2 Å². The Bertz CT molecular complexity index is 723. The fourth-order valence-electron chi connectivity index (χ4n) is 4.58. The van der Waals surface area contributed by atoms with E-state index in [0.29, 0.717) is 25.0 Å².